The molecular formula is C22H24N2O3. The Labute approximate surface area is 159 Å². The van der Waals surface area contributed by atoms with Gasteiger partial charge in [0.05, 0.1) is 6.04 Å². The lowest BCUT2D eigenvalue weighted by Crippen LogP contribution is -2.27. The highest BCUT2D eigenvalue weighted by atomic mass is 16.5. The van der Waals surface area contributed by atoms with Gasteiger partial charge in [-0.2, -0.15) is 0 Å². The van der Waals surface area contributed by atoms with Crippen LogP contribution in [0.1, 0.15) is 41.4 Å². The van der Waals surface area contributed by atoms with Crippen molar-refractivity contribution in [1.29, 1.82) is 0 Å². The summed E-state index contributed by atoms with van der Waals surface area (Å²) in [5.74, 6) is 0.575. The van der Waals surface area contributed by atoms with E-state index in [1.807, 2.05) is 19.1 Å². The molecule has 0 aliphatic carbocycles. The summed E-state index contributed by atoms with van der Waals surface area (Å²) >= 11 is 0. The summed E-state index contributed by atoms with van der Waals surface area (Å²) in [5.41, 5.74) is 3.48. The number of likely N-dealkylation sites (N-methyl/N-ethyl adjacent to an activating group) is 1. The zero-order chi connectivity index (χ0) is 19.6. The monoisotopic (exact) mass is 364 g/mol. The number of hydrogen-bond acceptors (Lipinski definition) is 3. The van der Waals surface area contributed by atoms with Crippen molar-refractivity contribution < 1.29 is 14.3 Å². The van der Waals surface area contributed by atoms with Crippen molar-refractivity contribution in [3.05, 3.63) is 71.8 Å². The first kappa shape index (κ1) is 18.7. The minimum Gasteiger partial charge on any atom is -0.490 e. The molecule has 0 spiro atoms. The lowest BCUT2D eigenvalue weighted by atomic mass is 10.0. The van der Waals surface area contributed by atoms with Gasteiger partial charge in [-0.25, -0.2) is 0 Å². The van der Waals surface area contributed by atoms with E-state index < -0.39 is 0 Å². The van der Waals surface area contributed by atoms with E-state index in [4.69, 9.17) is 4.74 Å². The highest BCUT2D eigenvalue weighted by Crippen LogP contribution is 2.31. The summed E-state index contributed by atoms with van der Waals surface area (Å²) in [6.45, 7) is 7.49. The summed E-state index contributed by atoms with van der Waals surface area (Å²) in [4.78, 5) is 25.7. The van der Waals surface area contributed by atoms with E-state index >= 15 is 0 Å². The number of fused-ring (bicyclic) bond motifs is 1. The van der Waals surface area contributed by atoms with Crippen LogP contribution in [0.5, 0.6) is 5.75 Å². The maximum atomic E-state index is 12.6. The molecule has 0 saturated carbocycles. The number of anilines is 1. The van der Waals surface area contributed by atoms with Crippen LogP contribution in [-0.4, -0.2) is 25.0 Å². The Bertz CT molecular complexity index is 874. The third-order valence-electron chi connectivity index (χ3n) is 4.79. The maximum absolute atomic E-state index is 12.6. The molecule has 1 unspecified atom stereocenters. The Kier molecular flexibility index (Phi) is 5.31. The summed E-state index contributed by atoms with van der Waals surface area (Å²) in [5, 5.41) is 3.02. The quantitative estimate of drug-likeness (QED) is 0.824. The van der Waals surface area contributed by atoms with E-state index in [2.05, 4.69) is 24.9 Å². The number of nitrogens with zero attached hydrogens (tertiary/aromatic N) is 1. The van der Waals surface area contributed by atoms with Crippen LogP contribution in [0.15, 0.2) is 55.1 Å². The molecule has 0 bridgehead atoms. The van der Waals surface area contributed by atoms with Crippen molar-refractivity contribution in [2.24, 2.45) is 0 Å². The zero-order valence-corrected chi connectivity index (χ0v) is 15.9. The van der Waals surface area contributed by atoms with E-state index in [1.54, 1.807) is 31.3 Å². The molecule has 27 heavy (non-hydrogen) atoms. The van der Waals surface area contributed by atoms with Crippen LogP contribution in [0.25, 0.3) is 0 Å². The SMILES string of the molecule is C=CC(=O)N(C)c1ccc(C(=O)N[C@@H](C)c2ccc3c(c2)CC(C)O3)cc1. The fourth-order valence-corrected chi connectivity index (χ4v) is 3.18. The molecule has 0 fully saturated rings. The molecule has 0 aromatic heterocycles. The molecule has 3 rings (SSSR count). The van der Waals surface area contributed by atoms with E-state index in [9.17, 15) is 9.59 Å². The molecule has 140 valence electrons. The topological polar surface area (TPSA) is 58.6 Å². The third-order valence-corrected chi connectivity index (χ3v) is 4.79. The number of amides is 2. The summed E-state index contributed by atoms with van der Waals surface area (Å²) in [6, 6.07) is 12.8. The van der Waals surface area contributed by atoms with E-state index in [0.29, 0.717) is 11.3 Å². The van der Waals surface area contributed by atoms with Gasteiger partial charge >= 0.3 is 0 Å². The predicted molar refractivity (Wildman–Crippen MR) is 106 cm³/mol. The summed E-state index contributed by atoms with van der Waals surface area (Å²) < 4.78 is 5.73. The van der Waals surface area contributed by atoms with Gasteiger partial charge < -0.3 is 15.0 Å². The van der Waals surface area contributed by atoms with E-state index in [0.717, 1.165) is 17.7 Å². The maximum Gasteiger partial charge on any atom is 0.251 e. The molecule has 2 amide bonds. The minimum absolute atomic E-state index is 0.122. The number of carbonyl (C=O) groups excluding carboxylic acids is 2. The molecule has 5 heteroatoms. The Balaban J connectivity index is 1.67. The van der Waals surface area contributed by atoms with Gasteiger partial charge in [-0.1, -0.05) is 12.6 Å². The van der Waals surface area contributed by atoms with Crippen LogP contribution in [0, 0.1) is 0 Å². The van der Waals surface area contributed by atoms with Gasteiger partial charge in [0, 0.05) is 24.7 Å². The normalized spacial score (nSPS) is 16.0. The van der Waals surface area contributed by atoms with Gasteiger partial charge in [0.15, 0.2) is 0 Å². The summed E-state index contributed by atoms with van der Waals surface area (Å²) in [6.07, 6.45) is 2.34. The molecule has 1 heterocycles. The zero-order valence-electron chi connectivity index (χ0n) is 15.9. The van der Waals surface area contributed by atoms with Gasteiger partial charge in [0.1, 0.15) is 11.9 Å². The van der Waals surface area contributed by atoms with Crippen molar-refractivity contribution in [3.8, 4) is 5.75 Å². The van der Waals surface area contributed by atoms with Gasteiger partial charge in [-0.15, -0.1) is 0 Å². The first-order valence-electron chi connectivity index (χ1n) is 8.99. The van der Waals surface area contributed by atoms with Gasteiger partial charge in [0.25, 0.3) is 5.91 Å². The third kappa shape index (κ3) is 4.03. The second-order valence-corrected chi connectivity index (χ2v) is 6.84. The molecule has 0 saturated heterocycles. The van der Waals surface area contributed by atoms with Gasteiger partial charge in [-0.05, 0) is 67.4 Å². The lowest BCUT2D eigenvalue weighted by molar-refractivity contribution is -0.113. The van der Waals surface area contributed by atoms with Crippen LogP contribution >= 0.6 is 0 Å². The van der Waals surface area contributed by atoms with Gasteiger partial charge in [-0.3, -0.25) is 9.59 Å². The largest absolute Gasteiger partial charge is 0.490 e. The first-order valence-corrected chi connectivity index (χ1v) is 8.99. The smallest absolute Gasteiger partial charge is 0.251 e. The van der Waals surface area contributed by atoms with Crippen LogP contribution in [0.2, 0.25) is 0 Å². The molecule has 2 aromatic carbocycles. The molecular weight excluding hydrogens is 340 g/mol. The summed E-state index contributed by atoms with van der Waals surface area (Å²) in [7, 11) is 1.67. The Morgan fingerprint density at radius 3 is 2.63 bits per heavy atom. The minimum atomic E-state index is -0.198. The molecule has 2 atom stereocenters. The van der Waals surface area contributed by atoms with Crippen molar-refractivity contribution >= 4 is 17.5 Å². The van der Waals surface area contributed by atoms with Crippen molar-refractivity contribution in [2.45, 2.75) is 32.4 Å². The Morgan fingerprint density at radius 2 is 1.96 bits per heavy atom. The fourth-order valence-electron chi connectivity index (χ4n) is 3.18. The Morgan fingerprint density at radius 1 is 1.26 bits per heavy atom. The highest BCUT2D eigenvalue weighted by Gasteiger charge is 2.20. The molecule has 5 nitrogen and oxygen atoms in total. The number of rotatable bonds is 5. The Hall–Kier alpha value is -3.08. The molecule has 1 N–H and O–H groups in total. The highest BCUT2D eigenvalue weighted by molar-refractivity contribution is 6.01. The molecule has 1 aliphatic heterocycles. The van der Waals surface area contributed by atoms with Gasteiger partial charge in [0.2, 0.25) is 5.91 Å². The molecule has 1 aliphatic rings. The van der Waals surface area contributed by atoms with Crippen molar-refractivity contribution in [3.63, 3.8) is 0 Å². The number of nitrogens with one attached hydrogen (secondary N) is 1. The standard InChI is InChI=1S/C22H24N2O3/c1-5-21(25)24(4)19-9-6-16(7-10-19)22(26)23-15(3)17-8-11-20-18(13-17)12-14(2)27-20/h5-11,13-15H,1,12H2,2-4H3,(H,23,26)/t14?,15-/m0/s1. The number of carbonyl (C=O) groups is 2. The number of ether oxygens (including phenoxy) is 1. The van der Waals surface area contributed by atoms with Crippen molar-refractivity contribution in [1.82, 2.24) is 5.32 Å². The number of benzene rings is 2. The van der Waals surface area contributed by atoms with Crippen LogP contribution in [0.3, 0.4) is 0 Å². The molecule has 2 aromatic rings. The van der Waals surface area contributed by atoms with Crippen molar-refractivity contribution in [2.75, 3.05) is 11.9 Å². The van der Waals surface area contributed by atoms with Crippen LogP contribution < -0.4 is 15.0 Å². The number of hydrogen-bond donors (Lipinski definition) is 1. The second-order valence-electron chi connectivity index (χ2n) is 6.84. The van der Waals surface area contributed by atoms with E-state index in [-0.39, 0.29) is 24.0 Å². The average Bonchev–Trinajstić information content (AvgIpc) is 3.05. The first-order chi connectivity index (χ1) is 12.9. The lowest BCUT2D eigenvalue weighted by Gasteiger charge is -2.17. The van der Waals surface area contributed by atoms with Crippen LogP contribution in [-0.2, 0) is 11.2 Å². The molecule has 0 radical (unpaired) electrons. The average molecular weight is 364 g/mol. The predicted octanol–water partition coefficient (Wildman–Crippen LogP) is 3.65. The van der Waals surface area contributed by atoms with Crippen LogP contribution in [0.4, 0.5) is 5.69 Å². The second kappa shape index (κ2) is 7.66. The van der Waals surface area contributed by atoms with E-state index in [1.165, 1.54) is 16.5 Å². The fraction of sp³-hybridized carbons (Fsp3) is 0.273.